The molecule has 2 aromatic carbocycles. The molecular weight excluding hydrogens is 438 g/mol. The summed E-state index contributed by atoms with van der Waals surface area (Å²) >= 11 is 1.54. The maximum Gasteiger partial charge on any atom is 0.345 e. The van der Waals surface area contributed by atoms with Gasteiger partial charge >= 0.3 is 5.97 Å². The smallest absolute Gasteiger partial charge is 0.345 e. The lowest BCUT2D eigenvalue weighted by Gasteiger charge is -2.11. The molecule has 0 saturated heterocycles. The van der Waals surface area contributed by atoms with Gasteiger partial charge in [-0.05, 0) is 19.1 Å². The molecule has 0 saturated carbocycles. The fraction of sp³-hybridized carbons (Fsp3) is 0.286. The maximum absolute atomic E-state index is 12.4. The van der Waals surface area contributed by atoms with Gasteiger partial charge in [-0.25, -0.2) is 9.78 Å². The van der Waals surface area contributed by atoms with Crippen molar-refractivity contribution >= 4 is 39.1 Å². The van der Waals surface area contributed by atoms with Crippen molar-refractivity contribution in [2.24, 2.45) is 0 Å². The molecule has 0 aliphatic carbocycles. The van der Waals surface area contributed by atoms with E-state index in [9.17, 15) is 19.7 Å². The number of nitro groups is 1. The van der Waals surface area contributed by atoms with Crippen LogP contribution in [0.2, 0.25) is 0 Å². The largest absolute Gasteiger partial charge is 0.493 e. The second-order valence-corrected chi connectivity index (χ2v) is 7.58. The van der Waals surface area contributed by atoms with Gasteiger partial charge in [-0.3, -0.25) is 14.9 Å². The van der Waals surface area contributed by atoms with Gasteiger partial charge in [0.05, 0.1) is 39.9 Å². The number of ether oxygens (including phenoxy) is 3. The second-order valence-electron chi connectivity index (χ2n) is 6.46. The molecule has 3 rings (SSSR count). The van der Waals surface area contributed by atoms with Gasteiger partial charge in [0.25, 0.3) is 11.6 Å². The molecule has 0 spiro atoms. The van der Waals surface area contributed by atoms with Crippen LogP contribution in [0, 0.1) is 10.1 Å². The van der Waals surface area contributed by atoms with Crippen LogP contribution in [0.4, 0.5) is 5.69 Å². The molecule has 3 aromatic rings. The molecule has 10 nitrogen and oxygen atoms in total. The Hall–Kier alpha value is -3.73. The van der Waals surface area contributed by atoms with Gasteiger partial charge in [-0.1, -0.05) is 12.1 Å². The van der Waals surface area contributed by atoms with Crippen LogP contribution in [0.25, 0.3) is 10.2 Å². The van der Waals surface area contributed by atoms with E-state index in [0.717, 1.165) is 27.4 Å². The number of nitrogens with one attached hydrogen (secondary N) is 1. The van der Waals surface area contributed by atoms with Crippen LogP contribution in [-0.4, -0.2) is 48.7 Å². The summed E-state index contributed by atoms with van der Waals surface area (Å²) in [4.78, 5) is 39.6. The zero-order valence-corrected chi connectivity index (χ0v) is 18.3. The minimum atomic E-state index is -1.01. The first-order valence-corrected chi connectivity index (χ1v) is 10.5. The summed E-state index contributed by atoms with van der Waals surface area (Å²) in [5.74, 6) is -1.27. The SMILES string of the molecule is CCOc1cc([N+](=O)[O-])c(C(=O)OCC(=O)NCCc2nc3ccccc3s2)cc1OC. The topological polar surface area (TPSA) is 130 Å². The predicted octanol–water partition coefficient (Wildman–Crippen LogP) is 3.13. The molecule has 0 atom stereocenters. The molecule has 1 N–H and O–H groups in total. The highest BCUT2D eigenvalue weighted by Crippen LogP contribution is 2.35. The highest BCUT2D eigenvalue weighted by atomic mass is 32.1. The Morgan fingerprint density at radius 1 is 1.22 bits per heavy atom. The van der Waals surface area contributed by atoms with Crippen LogP contribution in [0.15, 0.2) is 36.4 Å². The molecule has 0 aliphatic heterocycles. The van der Waals surface area contributed by atoms with Gasteiger partial charge in [-0.2, -0.15) is 0 Å². The summed E-state index contributed by atoms with van der Waals surface area (Å²) in [6.07, 6.45) is 0.528. The molecule has 0 radical (unpaired) electrons. The highest BCUT2D eigenvalue weighted by molar-refractivity contribution is 7.18. The normalized spacial score (nSPS) is 10.6. The van der Waals surface area contributed by atoms with E-state index in [1.54, 1.807) is 18.3 Å². The van der Waals surface area contributed by atoms with Crippen LogP contribution < -0.4 is 14.8 Å². The summed E-state index contributed by atoms with van der Waals surface area (Å²) in [5.41, 5.74) is 0.0632. The molecule has 1 aromatic heterocycles. The molecule has 1 heterocycles. The second kappa shape index (κ2) is 10.5. The Morgan fingerprint density at radius 2 is 2.00 bits per heavy atom. The molecule has 0 fully saturated rings. The first-order chi connectivity index (χ1) is 15.4. The number of fused-ring (bicyclic) bond motifs is 1. The van der Waals surface area contributed by atoms with Crippen molar-refractivity contribution in [3.05, 3.63) is 57.1 Å². The molecular formula is C21H21N3O7S. The van der Waals surface area contributed by atoms with Crippen molar-refractivity contribution in [3.63, 3.8) is 0 Å². The van der Waals surface area contributed by atoms with E-state index in [4.69, 9.17) is 14.2 Å². The van der Waals surface area contributed by atoms with Crippen molar-refractivity contribution in [1.29, 1.82) is 0 Å². The predicted molar refractivity (Wildman–Crippen MR) is 117 cm³/mol. The third-order valence-corrected chi connectivity index (χ3v) is 5.43. The Labute approximate surface area is 187 Å². The number of para-hydroxylation sites is 1. The molecule has 32 heavy (non-hydrogen) atoms. The number of methoxy groups -OCH3 is 1. The highest BCUT2D eigenvalue weighted by Gasteiger charge is 2.26. The molecule has 11 heteroatoms. The Balaban J connectivity index is 1.57. The zero-order valence-electron chi connectivity index (χ0n) is 17.5. The van der Waals surface area contributed by atoms with Crippen LogP contribution in [0.1, 0.15) is 22.3 Å². The molecule has 0 bridgehead atoms. The third kappa shape index (κ3) is 5.49. The minimum absolute atomic E-state index is 0.130. The number of carbonyl (C=O) groups is 2. The average molecular weight is 459 g/mol. The van der Waals surface area contributed by atoms with Gasteiger partial charge in [0, 0.05) is 19.0 Å². The fourth-order valence-corrected chi connectivity index (χ4v) is 3.85. The Morgan fingerprint density at radius 3 is 2.69 bits per heavy atom. The van der Waals surface area contributed by atoms with E-state index in [0.29, 0.717) is 13.0 Å². The number of amides is 1. The summed E-state index contributed by atoms with van der Waals surface area (Å²) < 4.78 is 16.5. The lowest BCUT2D eigenvalue weighted by molar-refractivity contribution is -0.385. The number of nitrogens with zero attached hydrogens (tertiary/aromatic N) is 2. The van der Waals surface area contributed by atoms with Crippen molar-refractivity contribution in [2.75, 3.05) is 26.9 Å². The van der Waals surface area contributed by atoms with E-state index in [-0.39, 0.29) is 23.7 Å². The first-order valence-electron chi connectivity index (χ1n) is 9.70. The van der Waals surface area contributed by atoms with E-state index < -0.39 is 29.1 Å². The number of rotatable bonds is 10. The number of hydrogen-bond acceptors (Lipinski definition) is 9. The Kier molecular flexibility index (Phi) is 7.55. The van der Waals surface area contributed by atoms with Gasteiger partial charge < -0.3 is 19.5 Å². The lowest BCUT2D eigenvalue weighted by Crippen LogP contribution is -2.30. The zero-order chi connectivity index (χ0) is 23.1. The molecule has 1 amide bonds. The fourth-order valence-electron chi connectivity index (χ4n) is 2.89. The van der Waals surface area contributed by atoms with Crippen molar-refractivity contribution < 1.29 is 28.7 Å². The average Bonchev–Trinajstić information content (AvgIpc) is 3.20. The van der Waals surface area contributed by atoms with Crippen molar-refractivity contribution in [2.45, 2.75) is 13.3 Å². The van der Waals surface area contributed by atoms with Crippen molar-refractivity contribution in [3.8, 4) is 11.5 Å². The number of esters is 1. The van der Waals surface area contributed by atoms with Crippen LogP contribution >= 0.6 is 11.3 Å². The van der Waals surface area contributed by atoms with Gasteiger partial charge in [0.2, 0.25) is 0 Å². The summed E-state index contributed by atoms with van der Waals surface area (Å²) in [6.45, 7) is 1.70. The van der Waals surface area contributed by atoms with Gasteiger partial charge in [-0.15, -0.1) is 11.3 Å². The molecule has 0 unspecified atom stereocenters. The molecule has 0 aliphatic rings. The van der Waals surface area contributed by atoms with E-state index >= 15 is 0 Å². The number of hydrogen-bond donors (Lipinski definition) is 1. The summed E-state index contributed by atoms with van der Waals surface area (Å²) in [5, 5.41) is 14.9. The van der Waals surface area contributed by atoms with Crippen molar-refractivity contribution in [1.82, 2.24) is 10.3 Å². The van der Waals surface area contributed by atoms with E-state index in [2.05, 4.69) is 10.3 Å². The minimum Gasteiger partial charge on any atom is -0.493 e. The number of carbonyl (C=O) groups excluding carboxylic acids is 2. The van der Waals surface area contributed by atoms with Crippen LogP contribution in [0.5, 0.6) is 11.5 Å². The Bertz CT molecular complexity index is 1110. The standard InChI is InChI=1S/C21H21N3O7S/c1-3-30-17-11-15(24(27)28)13(10-16(17)29-2)21(26)31-12-19(25)22-9-8-20-23-14-6-4-5-7-18(14)32-20/h4-7,10-11H,3,8-9,12H2,1-2H3,(H,22,25). The summed E-state index contributed by atoms with van der Waals surface area (Å²) in [6, 6.07) is 10.00. The van der Waals surface area contributed by atoms with Gasteiger partial charge in [0.15, 0.2) is 18.1 Å². The number of nitro benzene ring substituents is 1. The maximum atomic E-state index is 12.4. The number of benzene rings is 2. The summed E-state index contributed by atoms with van der Waals surface area (Å²) in [7, 11) is 1.34. The number of thiazole rings is 1. The third-order valence-electron chi connectivity index (χ3n) is 4.33. The van der Waals surface area contributed by atoms with Crippen LogP contribution in [-0.2, 0) is 16.0 Å². The van der Waals surface area contributed by atoms with Gasteiger partial charge in [0.1, 0.15) is 5.56 Å². The first kappa shape index (κ1) is 22.9. The van der Waals surface area contributed by atoms with E-state index in [1.165, 1.54) is 7.11 Å². The van der Waals surface area contributed by atoms with Crippen LogP contribution in [0.3, 0.4) is 0 Å². The number of aromatic nitrogens is 1. The quantitative estimate of drug-likeness (QED) is 0.278. The monoisotopic (exact) mass is 459 g/mol. The van der Waals surface area contributed by atoms with E-state index in [1.807, 2.05) is 24.3 Å². The lowest BCUT2D eigenvalue weighted by atomic mass is 10.1. The molecule has 168 valence electrons.